The third kappa shape index (κ3) is 3.38. The number of aliphatic hydroxyl groups excluding tert-OH is 1. The van der Waals surface area contributed by atoms with E-state index >= 15 is 0 Å². The predicted molar refractivity (Wildman–Crippen MR) is 113 cm³/mol. The molecule has 0 amide bonds. The van der Waals surface area contributed by atoms with Crippen molar-refractivity contribution in [3.63, 3.8) is 0 Å². The number of benzene rings is 2. The van der Waals surface area contributed by atoms with Crippen LogP contribution < -0.4 is 18.9 Å². The fourth-order valence-electron chi connectivity index (χ4n) is 5.09. The zero-order valence-electron chi connectivity index (χ0n) is 18.0. The van der Waals surface area contributed by atoms with Crippen molar-refractivity contribution < 1.29 is 28.8 Å². The minimum absolute atomic E-state index is 0.0949. The first-order chi connectivity index (χ1) is 14.6. The molecular formula is C24H30O6. The smallest absolute Gasteiger partial charge is 0.161 e. The largest absolute Gasteiger partial charge is 0.493 e. The molecule has 2 aromatic rings. The van der Waals surface area contributed by atoms with Gasteiger partial charge in [-0.25, -0.2) is 0 Å². The molecule has 2 aliphatic rings. The van der Waals surface area contributed by atoms with E-state index in [0.29, 0.717) is 23.0 Å². The average molecular weight is 414 g/mol. The SMILES string of the molecule is COc1ccc(C2CCC3(O2)C(O)CCC3c2ccc(OC)c(OC)c2)cc1OC. The molecule has 1 N–H and O–H groups in total. The number of hydrogen-bond donors (Lipinski definition) is 1. The van der Waals surface area contributed by atoms with Crippen molar-refractivity contribution in [2.24, 2.45) is 0 Å². The van der Waals surface area contributed by atoms with E-state index in [2.05, 4.69) is 6.07 Å². The van der Waals surface area contributed by atoms with Gasteiger partial charge in [0.05, 0.1) is 40.6 Å². The highest BCUT2D eigenvalue weighted by Gasteiger charge is 2.55. The molecule has 1 aliphatic heterocycles. The Labute approximate surface area is 177 Å². The van der Waals surface area contributed by atoms with Crippen LogP contribution in [0, 0.1) is 0 Å². The van der Waals surface area contributed by atoms with E-state index in [1.54, 1.807) is 28.4 Å². The second-order valence-corrected chi connectivity index (χ2v) is 7.97. The summed E-state index contributed by atoms with van der Waals surface area (Å²) in [4.78, 5) is 0. The standard InChI is InChI=1S/C24H30O6/c1-26-19-8-5-15(13-21(19)28-3)17-7-10-23(25)24(17)12-11-18(30-24)16-6-9-20(27-2)22(14-16)29-4/h5-6,8-9,13-14,17-18,23,25H,7,10-12H2,1-4H3. The van der Waals surface area contributed by atoms with Gasteiger partial charge in [-0.05, 0) is 61.1 Å². The lowest BCUT2D eigenvalue weighted by molar-refractivity contribution is -0.109. The molecule has 0 aromatic heterocycles. The van der Waals surface area contributed by atoms with E-state index in [4.69, 9.17) is 23.7 Å². The number of aliphatic hydroxyl groups is 1. The van der Waals surface area contributed by atoms with Crippen LogP contribution in [0.5, 0.6) is 23.0 Å². The maximum Gasteiger partial charge on any atom is 0.161 e. The van der Waals surface area contributed by atoms with Crippen molar-refractivity contribution in [3.8, 4) is 23.0 Å². The van der Waals surface area contributed by atoms with Crippen molar-refractivity contribution in [2.75, 3.05) is 28.4 Å². The Morgan fingerprint density at radius 3 is 1.93 bits per heavy atom. The minimum atomic E-state index is -0.600. The molecule has 1 spiro atoms. The van der Waals surface area contributed by atoms with Gasteiger partial charge in [0.1, 0.15) is 5.60 Å². The van der Waals surface area contributed by atoms with Gasteiger partial charge in [0.15, 0.2) is 23.0 Å². The lowest BCUT2D eigenvalue weighted by Crippen LogP contribution is -2.41. The monoisotopic (exact) mass is 414 g/mol. The number of rotatable bonds is 6. The van der Waals surface area contributed by atoms with Crippen LogP contribution in [0.4, 0.5) is 0 Å². The number of hydrogen-bond acceptors (Lipinski definition) is 6. The van der Waals surface area contributed by atoms with E-state index in [1.807, 2.05) is 30.3 Å². The average Bonchev–Trinajstić information content (AvgIpc) is 3.37. The van der Waals surface area contributed by atoms with Gasteiger partial charge >= 0.3 is 0 Å². The fraction of sp³-hybridized carbons (Fsp3) is 0.500. The first kappa shape index (κ1) is 20.8. The molecule has 2 fully saturated rings. The molecule has 1 saturated heterocycles. The maximum atomic E-state index is 11.0. The van der Waals surface area contributed by atoms with Crippen molar-refractivity contribution >= 4 is 0 Å². The zero-order chi connectivity index (χ0) is 21.3. The molecule has 1 saturated carbocycles. The van der Waals surface area contributed by atoms with Gasteiger partial charge in [0, 0.05) is 5.92 Å². The van der Waals surface area contributed by atoms with E-state index in [1.165, 1.54) is 0 Å². The fourth-order valence-corrected chi connectivity index (χ4v) is 5.09. The first-order valence-corrected chi connectivity index (χ1v) is 10.4. The van der Waals surface area contributed by atoms with E-state index in [0.717, 1.165) is 36.8 Å². The molecule has 6 heteroatoms. The van der Waals surface area contributed by atoms with Crippen LogP contribution in [-0.4, -0.2) is 45.3 Å². The molecule has 4 unspecified atom stereocenters. The van der Waals surface area contributed by atoms with Gasteiger partial charge in [-0.2, -0.15) is 0 Å². The maximum absolute atomic E-state index is 11.0. The molecule has 162 valence electrons. The molecule has 0 bridgehead atoms. The van der Waals surface area contributed by atoms with Crippen LogP contribution in [0.2, 0.25) is 0 Å². The molecule has 30 heavy (non-hydrogen) atoms. The lowest BCUT2D eigenvalue weighted by Gasteiger charge is -2.35. The molecule has 1 heterocycles. The second kappa shape index (κ2) is 8.36. The Hall–Kier alpha value is -2.44. The highest BCUT2D eigenvalue weighted by Crippen LogP contribution is 2.56. The van der Waals surface area contributed by atoms with Gasteiger partial charge < -0.3 is 28.8 Å². The summed E-state index contributed by atoms with van der Waals surface area (Å²) in [5.74, 6) is 2.86. The highest BCUT2D eigenvalue weighted by molar-refractivity contribution is 5.46. The Morgan fingerprint density at radius 1 is 0.767 bits per heavy atom. The van der Waals surface area contributed by atoms with Crippen LogP contribution >= 0.6 is 0 Å². The van der Waals surface area contributed by atoms with Gasteiger partial charge in [-0.3, -0.25) is 0 Å². The summed E-state index contributed by atoms with van der Waals surface area (Å²) in [6.45, 7) is 0. The molecule has 4 rings (SSSR count). The predicted octanol–water partition coefficient (Wildman–Crippen LogP) is 4.25. The van der Waals surface area contributed by atoms with Crippen LogP contribution in [0.1, 0.15) is 48.8 Å². The van der Waals surface area contributed by atoms with Crippen LogP contribution in [0.25, 0.3) is 0 Å². The summed E-state index contributed by atoms with van der Waals surface area (Å²) >= 11 is 0. The quantitative estimate of drug-likeness (QED) is 0.762. The zero-order valence-corrected chi connectivity index (χ0v) is 18.0. The van der Waals surface area contributed by atoms with E-state index < -0.39 is 11.7 Å². The summed E-state index contributed by atoms with van der Waals surface area (Å²) in [5.41, 5.74) is 1.55. The Morgan fingerprint density at radius 2 is 1.33 bits per heavy atom. The lowest BCUT2D eigenvalue weighted by atomic mass is 9.81. The van der Waals surface area contributed by atoms with Gasteiger partial charge in [-0.1, -0.05) is 12.1 Å². The van der Waals surface area contributed by atoms with Crippen LogP contribution in [-0.2, 0) is 4.74 Å². The van der Waals surface area contributed by atoms with Gasteiger partial charge in [-0.15, -0.1) is 0 Å². The number of methoxy groups -OCH3 is 4. The summed E-state index contributed by atoms with van der Waals surface area (Å²) in [7, 11) is 6.53. The minimum Gasteiger partial charge on any atom is -0.493 e. The molecule has 6 nitrogen and oxygen atoms in total. The highest BCUT2D eigenvalue weighted by atomic mass is 16.5. The summed E-state index contributed by atoms with van der Waals surface area (Å²) in [5, 5.41) is 11.0. The first-order valence-electron chi connectivity index (χ1n) is 10.4. The number of ether oxygens (including phenoxy) is 5. The van der Waals surface area contributed by atoms with Crippen LogP contribution in [0.15, 0.2) is 36.4 Å². The third-order valence-corrected chi connectivity index (χ3v) is 6.63. The molecule has 0 radical (unpaired) electrons. The van der Waals surface area contributed by atoms with Crippen molar-refractivity contribution in [1.82, 2.24) is 0 Å². The third-order valence-electron chi connectivity index (χ3n) is 6.63. The second-order valence-electron chi connectivity index (χ2n) is 7.97. The van der Waals surface area contributed by atoms with Crippen molar-refractivity contribution in [2.45, 2.75) is 49.4 Å². The Kier molecular flexibility index (Phi) is 5.80. The Bertz CT molecular complexity index is 897. The van der Waals surface area contributed by atoms with E-state index in [9.17, 15) is 5.11 Å². The molecule has 2 aromatic carbocycles. The van der Waals surface area contributed by atoms with Crippen molar-refractivity contribution in [1.29, 1.82) is 0 Å². The molecule has 1 aliphatic carbocycles. The van der Waals surface area contributed by atoms with Gasteiger partial charge in [0.25, 0.3) is 0 Å². The van der Waals surface area contributed by atoms with Gasteiger partial charge in [0.2, 0.25) is 0 Å². The summed E-state index contributed by atoms with van der Waals surface area (Å²) in [6, 6.07) is 11.9. The van der Waals surface area contributed by atoms with Crippen molar-refractivity contribution in [3.05, 3.63) is 47.5 Å². The molecule has 4 atom stereocenters. The topological polar surface area (TPSA) is 66.4 Å². The summed E-state index contributed by atoms with van der Waals surface area (Å²) in [6.07, 6.45) is 2.64. The summed E-state index contributed by atoms with van der Waals surface area (Å²) < 4.78 is 28.3. The van der Waals surface area contributed by atoms with Crippen LogP contribution in [0.3, 0.4) is 0 Å². The normalized spacial score (nSPS) is 28.0. The Balaban J connectivity index is 1.63. The molecular weight excluding hydrogens is 384 g/mol. The van der Waals surface area contributed by atoms with E-state index in [-0.39, 0.29) is 12.0 Å².